The molecule has 2 aliphatic heterocycles. The smallest absolute Gasteiger partial charge is 0.223 e. The molecular formula is C25H31N3O3. The zero-order chi connectivity index (χ0) is 21.6. The largest absolute Gasteiger partial charge is 0.378 e. The summed E-state index contributed by atoms with van der Waals surface area (Å²) in [6.45, 7) is 7.14. The van der Waals surface area contributed by atoms with Gasteiger partial charge in [-0.15, -0.1) is 0 Å². The minimum Gasteiger partial charge on any atom is -0.378 e. The van der Waals surface area contributed by atoms with Gasteiger partial charge in [0.1, 0.15) is 6.29 Å². The van der Waals surface area contributed by atoms with E-state index in [1.54, 1.807) is 0 Å². The molecule has 0 aromatic heterocycles. The van der Waals surface area contributed by atoms with Crippen molar-refractivity contribution in [2.45, 2.75) is 25.8 Å². The molecule has 0 radical (unpaired) electrons. The number of piperidine rings is 1. The molecule has 0 bridgehead atoms. The number of rotatable bonds is 6. The van der Waals surface area contributed by atoms with E-state index in [0.717, 1.165) is 69.8 Å². The number of hydrogen-bond acceptors (Lipinski definition) is 5. The van der Waals surface area contributed by atoms with Crippen molar-refractivity contribution in [1.29, 1.82) is 0 Å². The normalized spacial score (nSPS) is 18.5. The Morgan fingerprint density at radius 1 is 0.935 bits per heavy atom. The number of nitrogens with one attached hydrogen (secondary N) is 1. The highest BCUT2D eigenvalue weighted by molar-refractivity contribution is 5.79. The van der Waals surface area contributed by atoms with Gasteiger partial charge < -0.3 is 19.9 Å². The molecule has 0 aliphatic carbocycles. The van der Waals surface area contributed by atoms with E-state index in [-0.39, 0.29) is 17.9 Å². The third-order valence-corrected chi connectivity index (χ3v) is 6.39. The van der Waals surface area contributed by atoms with Crippen LogP contribution in [0.5, 0.6) is 0 Å². The summed E-state index contributed by atoms with van der Waals surface area (Å²) in [5.41, 5.74) is 4.13. The molecule has 1 amide bonds. The zero-order valence-electron chi connectivity index (χ0n) is 18.1. The molecule has 31 heavy (non-hydrogen) atoms. The van der Waals surface area contributed by atoms with E-state index in [9.17, 15) is 9.59 Å². The van der Waals surface area contributed by atoms with Gasteiger partial charge in [0.25, 0.3) is 0 Å². The van der Waals surface area contributed by atoms with Crippen LogP contribution in [0.1, 0.15) is 41.7 Å². The van der Waals surface area contributed by atoms with Crippen molar-refractivity contribution in [3.8, 4) is 0 Å². The predicted octanol–water partition coefficient (Wildman–Crippen LogP) is 3.43. The first-order valence-corrected chi connectivity index (χ1v) is 11.2. The van der Waals surface area contributed by atoms with Crippen LogP contribution in [0.15, 0.2) is 48.5 Å². The van der Waals surface area contributed by atoms with Gasteiger partial charge >= 0.3 is 0 Å². The zero-order valence-corrected chi connectivity index (χ0v) is 18.1. The number of morpholine rings is 1. The number of amides is 1. The number of aldehydes is 1. The number of ether oxygens (including phenoxy) is 1. The number of carbonyl (C=O) groups excluding carboxylic acids is 2. The summed E-state index contributed by atoms with van der Waals surface area (Å²) in [6, 6.07) is 16.1. The van der Waals surface area contributed by atoms with Gasteiger partial charge in [-0.1, -0.05) is 12.1 Å². The Hall–Kier alpha value is -2.86. The molecule has 4 rings (SSSR count). The Morgan fingerprint density at radius 2 is 1.48 bits per heavy atom. The number of carbonyl (C=O) groups is 2. The Bertz CT molecular complexity index is 868. The van der Waals surface area contributed by atoms with Crippen LogP contribution in [0.25, 0.3) is 0 Å². The topological polar surface area (TPSA) is 61.9 Å². The fourth-order valence-electron chi connectivity index (χ4n) is 4.37. The third kappa shape index (κ3) is 5.25. The van der Waals surface area contributed by atoms with E-state index >= 15 is 0 Å². The lowest BCUT2D eigenvalue weighted by atomic mass is 9.94. The van der Waals surface area contributed by atoms with Crippen LogP contribution in [-0.2, 0) is 9.53 Å². The van der Waals surface area contributed by atoms with Crippen LogP contribution in [0.2, 0.25) is 0 Å². The SMILES string of the molecule is C[C@H](NC(=O)C1CCN(c2ccc(C=O)cc2)CC1)c1ccc(N2CCOCC2)cc1. The first-order valence-electron chi connectivity index (χ1n) is 11.2. The summed E-state index contributed by atoms with van der Waals surface area (Å²) >= 11 is 0. The number of hydrogen-bond donors (Lipinski definition) is 1. The molecule has 6 nitrogen and oxygen atoms in total. The third-order valence-electron chi connectivity index (χ3n) is 6.39. The van der Waals surface area contributed by atoms with Gasteiger partial charge in [-0.25, -0.2) is 0 Å². The predicted molar refractivity (Wildman–Crippen MR) is 123 cm³/mol. The molecule has 0 saturated carbocycles. The van der Waals surface area contributed by atoms with Crippen LogP contribution in [0.4, 0.5) is 11.4 Å². The highest BCUT2D eigenvalue weighted by atomic mass is 16.5. The molecule has 2 aromatic carbocycles. The first kappa shape index (κ1) is 21.4. The van der Waals surface area contributed by atoms with Crippen molar-refractivity contribution in [2.24, 2.45) is 5.92 Å². The van der Waals surface area contributed by atoms with Gasteiger partial charge in [-0.3, -0.25) is 9.59 Å². The molecule has 164 valence electrons. The Kier molecular flexibility index (Phi) is 6.87. The first-order chi connectivity index (χ1) is 15.1. The Morgan fingerprint density at radius 3 is 2.06 bits per heavy atom. The highest BCUT2D eigenvalue weighted by Crippen LogP contribution is 2.25. The van der Waals surface area contributed by atoms with E-state index in [1.807, 2.05) is 31.2 Å². The summed E-state index contributed by atoms with van der Waals surface area (Å²) in [4.78, 5) is 28.3. The van der Waals surface area contributed by atoms with Crippen molar-refractivity contribution in [3.05, 3.63) is 59.7 Å². The van der Waals surface area contributed by atoms with E-state index < -0.39 is 0 Å². The van der Waals surface area contributed by atoms with Crippen molar-refractivity contribution < 1.29 is 14.3 Å². The van der Waals surface area contributed by atoms with Crippen LogP contribution in [-0.4, -0.2) is 51.6 Å². The molecule has 2 saturated heterocycles. The lowest BCUT2D eigenvalue weighted by molar-refractivity contribution is -0.126. The standard InChI is InChI=1S/C25H31N3O3/c1-19(21-4-8-24(9-5-21)28-14-16-31-17-15-28)26-25(30)22-10-12-27(13-11-22)23-6-2-20(18-29)3-7-23/h2-9,18-19,22H,10-17H2,1H3,(H,26,30)/t19-/m0/s1. The summed E-state index contributed by atoms with van der Waals surface area (Å²) in [5, 5.41) is 3.20. The second-order valence-electron chi connectivity index (χ2n) is 8.39. The van der Waals surface area contributed by atoms with E-state index in [0.29, 0.717) is 5.56 Å². The molecule has 2 heterocycles. The van der Waals surface area contributed by atoms with E-state index in [1.165, 1.54) is 5.69 Å². The minimum atomic E-state index is -0.0137. The fraction of sp³-hybridized carbons (Fsp3) is 0.440. The second kappa shape index (κ2) is 9.96. The maximum absolute atomic E-state index is 12.8. The molecule has 2 aromatic rings. The number of anilines is 2. The van der Waals surface area contributed by atoms with Gasteiger partial charge in [0.2, 0.25) is 5.91 Å². The van der Waals surface area contributed by atoms with Crippen molar-refractivity contribution >= 4 is 23.6 Å². The van der Waals surface area contributed by atoms with E-state index in [2.05, 4.69) is 39.4 Å². The molecule has 2 aliphatic rings. The summed E-state index contributed by atoms with van der Waals surface area (Å²) in [5.74, 6) is 0.182. The number of benzene rings is 2. The lowest BCUT2D eigenvalue weighted by Crippen LogP contribution is -2.41. The quantitative estimate of drug-likeness (QED) is 0.724. The highest BCUT2D eigenvalue weighted by Gasteiger charge is 2.26. The Balaban J connectivity index is 1.27. The van der Waals surface area contributed by atoms with Gasteiger partial charge in [0, 0.05) is 49.0 Å². The summed E-state index contributed by atoms with van der Waals surface area (Å²) in [6.07, 6.45) is 2.53. The van der Waals surface area contributed by atoms with Crippen LogP contribution >= 0.6 is 0 Å². The second-order valence-corrected chi connectivity index (χ2v) is 8.39. The van der Waals surface area contributed by atoms with Crippen LogP contribution in [0, 0.1) is 5.92 Å². The average molecular weight is 422 g/mol. The molecule has 1 atom stereocenters. The van der Waals surface area contributed by atoms with Crippen molar-refractivity contribution in [2.75, 3.05) is 49.2 Å². The monoisotopic (exact) mass is 421 g/mol. The van der Waals surface area contributed by atoms with E-state index in [4.69, 9.17) is 4.74 Å². The molecule has 2 fully saturated rings. The molecule has 0 unspecified atom stereocenters. The van der Waals surface area contributed by atoms with Crippen LogP contribution in [0.3, 0.4) is 0 Å². The Labute approximate surface area is 184 Å². The minimum absolute atomic E-state index is 0.0137. The molecule has 6 heteroatoms. The fourth-order valence-corrected chi connectivity index (χ4v) is 4.37. The van der Waals surface area contributed by atoms with Gasteiger partial charge in [0.15, 0.2) is 0 Å². The van der Waals surface area contributed by atoms with Crippen LogP contribution < -0.4 is 15.1 Å². The van der Waals surface area contributed by atoms with Crippen molar-refractivity contribution in [1.82, 2.24) is 5.32 Å². The molecular weight excluding hydrogens is 390 g/mol. The number of nitrogens with zero attached hydrogens (tertiary/aromatic N) is 2. The lowest BCUT2D eigenvalue weighted by Gasteiger charge is -2.33. The molecule has 1 N–H and O–H groups in total. The maximum Gasteiger partial charge on any atom is 0.223 e. The average Bonchev–Trinajstić information content (AvgIpc) is 2.85. The van der Waals surface area contributed by atoms with Gasteiger partial charge in [-0.2, -0.15) is 0 Å². The van der Waals surface area contributed by atoms with Crippen molar-refractivity contribution in [3.63, 3.8) is 0 Å². The maximum atomic E-state index is 12.8. The summed E-state index contributed by atoms with van der Waals surface area (Å²) in [7, 11) is 0. The van der Waals surface area contributed by atoms with Gasteiger partial charge in [0.05, 0.1) is 19.3 Å². The molecule has 0 spiro atoms. The van der Waals surface area contributed by atoms with Gasteiger partial charge in [-0.05, 0) is 61.7 Å². The summed E-state index contributed by atoms with van der Waals surface area (Å²) < 4.78 is 5.42.